The molecule has 0 saturated carbocycles. The third kappa shape index (κ3) is 3.99. The molecular formula is C25H24N2O3S. The predicted octanol–water partition coefficient (Wildman–Crippen LogP) is 5.55. The Hall–Kier alpha value is -3.38. The van der Waals surface area contributed by atoms with Crippen molar-refractivity contribution in [2.24, 2.45) is 0 Å². The molecule has 1 aliphatic heterocycles. The average Bonchev–Trinajstić information content (AvgIpc) is 3.36. The van der Waals surface area contributed by atoms with Crippen LogP contribution >= 0.6 is 11.3 Å². The van der Waals surface area contributed by atoms with Crippen LogP contribution in [0.3, 0.4) is 0 Å². The van der Waals surface area contributed by atoms with Crippen molar-refractivity contribution in [3.8, 4) is 5.75 Å². The molecule has 0 spiro atoms. The zero-order chi connectivity index (χ0) is 22.0. The molecule has 2 aromatic carbocycles. The summed E-state index contributed by atoms with van der Waals surface area (Å²) >= 11 is 1.44. The van der Waals surface area contributed by atoms with E-state index in [0.29, 0.717) is 29.3 Å². The van der Waals surface area contributed by atoms with Gasteiger partial charge >= 0.3 is 0 Å². The van der Waals surface area contributed by atoms with Crippen LogP contribution < -0.4 is 15.0 Å². The number of rotatable bonds is 7. The Morgan fingerprint density at radius 2 is 1.81 bits per heavy atom. The number of amides is 2. The number of nitrogens with one attached hydrogen (secondary N) is 1. The number of nitrogens with zero attached hydrogens (tertiary/aromatic N) is 1. The fraction of sp³-hybridized carbons (Fsp3) is 0.200. The lowest BCUT2D eigenvalue weighted by Crippen LogP contribution is -2.33. The Bertz CT molecular complexity index is 1170. The van der Waals surface area contributed by atoms with E-state index in [2.05, 4.69) is 5.32 Å². The second-order valence-corrected chi connectivity index (χ2v) is 8.34. The van der Waals surface area contributed by atoms with Crippen molar-refractivity contribution in [2.45, 2.75) is 27.2 Å². The van der Waals surface area contributed by atoms with Crippen LogP contribution in [0.15, 0.2) is 65.7 Å². The topological polar surface area (TPSA) is 58.6 Å². The lowest BCUT2D eigenvalue weighted by molar-refractivity contribution is -0.120. The first kappa shape index (κ1) is 20.9. The second kappa shape index (κ2) is 8.78. The van der Waals surface area contributed by atoms with Crippen molar-refractivity contribution in [1.29, 1.82) is 0 Å². The monoisotopic (exact) mass is 432 g/mol. The molecule has 1 aliphatic rings. The number of carbonyl (C=O) groups is 2. The maximum Gasteiger partial charge on any atom is 0.282 e. The molecule has 6 heteroatoms. The van der Waals surface area contributed by atoms with Gasteiger partial charge in [0.1, 0.15) is 11.4 Å². The third-order valence-electron chi connectivity index (χ3n) is 5.24. The number of carbonyl (C=O) groups excluding carboxylic acids is 2. The van der Waals surface area contributed by atoms with Crippen molar-refractivity contribution < 1.29 is 14.3 Å². The van der Waals surface area contributed by atoms with E-state index in [-0.39, 0.29) is 17.5 Å². The zero-order valence-electron chi connectivity index (χ0n) is 17.8. The third-order valence-corrected chi connectivity index (χ3v) is 6.13. The van der Waals surface area contributed by atoms with Gasteiger partial charge in [-0.1, -0.05) is 31.2 Å². The maximum atomic E-state index is 13.5. The molecule has 4 rings (SSSR count). The van der Waals surface area contributed by atoms with Crippen molar-refractivity contribution in [1.82, 2.24) is 0 Å². The second-order valence-electron chi connectivity index (χ2n) is 7.39. The molecule has 3 aromatic rings. The molecule has 0 bridgehead atoms. The van der Waals surface area contributed by atoms with E-state index in [1.165, 1.54) is 16.2 Å². The Labute approximate surface area is 186 Å². The quantitative estimate of drug-likeness (QED) is 0.497. The Morgan fingerprint density at radius 1 is 1.00 bits per heavy atom. The zero-order valence-corrected chi connectivity index (χ0v) is 18.6. The summed E-state index contributed by atoms with van der Waals surface area (Å²) in [6.45, 7) is 6.56. The highest BCUT2D eigenvalue weighted by Crippen LogP contribution is 2.37. The van der Waals surface area contributed by atoms with Gasteiger partial charge in [-0.25, -0.2) is 4.90 Å². The van der Waals surface area contributed by atoms with Crippen molar-refractivity contribution >= 4 is 40.1 Å². The SMILES string of the molecule is CCCOc1cccc(NC2=C(c3cccs3)C(=O)N(c3cccc(C)c3C)C2=O)c1. The van der Waals surface area contributed by atoms with E-state index < -0.39 is 0 Å². The number of imide groups is 1. The average molecular weight is 433 g/mol. The van der Waals surface area contributed by atoms with Crippen LogP contribution in [-0.2, 0) is 9.59 Å². The van der Waals surface area contributed by atoms with Crippen LogP contribution in [0.1, 0.15) is 29.3 Å². The van der Waals surface area contributed by atoms with Gasteiger partial charge in [0.15, 0.2) is 0 Å². The molecule has 0 atom stereocenters. The molecule has 0 fully saturated rings. The van der Waals surface area contributed by atoms with Gasteiger partial charge in [0.2, 0.25) is 0 Å². The minimum atomic E-state index is -0.359. The molecule has 158 valence electrons. The highest BCUT2D eigenvalue weighted by atomic mass is 32.1. The smallest absolute Gasteiger partial charge is 0.282 e. The molecule has 2 heterocycles. The summed E-state index contributed by atoms with van der Waals surface area (Å²) in [4.78, 5) is 29.0. The molecule has 0 aliphatic carbocycles. The van der Waals surface area contributed by atoms with Crippen molar-refractivity contribution in [3.05, 3.63) is 81.7 Å². The van der Waals surface area contributed by atoms with E-state index in [4.69, 9.17) is 4.74 Å². The van der Waals surface area contributed by atoms with Gasteiger partial charge in [-0.3, -0.25) is 9.59 Å². The first-order valence-corrected chi connectivity index (χ1v) is 11.1. The van der Waals surface area contributed by atoms with Gasteiger partial charge in [-0.2, -0.15) is 0 Å². The minimum absolute atomic E-state index is 0.279. The van der Waals surface area contributed by atoms with Crippen LogP contribution in [-0.4, -0.2) is 18.4 Å². The van der Waals surface area contributed by atoms with Gasteiger partial charge in [-0.15, -0.1) is 11.3 Å². The van der Waals surface area contributed by atoms with Gasteiger partial charge in [0, 0.05) is 16.6 Å². The van der Waals surface area contributed by atoms with Crippen LogP contribution in [0.5, 0.6) is 5.75 Å². The van der Waals surface area contributed by atoms with E-state index >= 15 is 0 Å². The van der Waals surface area contributed by atoms with Crippen LogP contribution in [0, 0.1) is 13.8 Å². The van der Waals surface area contributed by atoms with Crippen molar-refractivity contribution in [2.75, 3.05) is 16.8 Å². The molecule has 0 saturated heterocycles. The molecule has 0 unspecified atom stereocenters. The summed E-state index contributed by atoms with van der Waals surface area (Å²) in [6.07, 6.45) is 0.906. The fourth-order valence-corrected chi connectivity index (χ4v) is 4.29. The normalized spacial score (nSPS) is 13.8. The van der Waals surface area contributed by atoms with Gasteiger partial charge in [0.05, 0.1) is 17.9 Å². The van der Waals surface area contributed by atoms with Crippen LogP contribution in [0.2, 0.25) is 0 Å². The summed E-state index contributed by atoms with van der Waals surface area (Å²) in [5.74, 6) is 0.0392. The standard InChI is InChI=1S/C25H24N2O3S/c1-4-13-30-19-10-6-9-18(15-19)26-23-22(21-12-7-14-31-21)24(28)27(25(23)29)20-11-5-8-16(2)17(20)3/h5-12,14-15,26H,4,13H2,1-3H3. The van der Waals surface area contributed by atoms with Gasteiger partial charge < -0.3 is 10.1 Å². The van der Waals surface area contributed by atoms with Gasteiger partial charge in [0.25, 0.3) is 11.8 Å². The van der Waals surface area contributed by atoms with Gasteiger partial charge in [-0.05, 0) is 61.0 Å². The molecule has 1 N–H and O–H groups in total. The van der Waals surface area contributed by atoms with Crippen LogP contribution in [0.4, 0.5) is 11.4 Å². The number of thiophene rings is 1. The summed E-state index contributed by atoms with van der Waals surface area (Å²) in [6, 6.07) is 16.8. The minimum Gasteiger partial charge on any atom is -0.494 e. The predicted molar refractivity (Wildman–Crippen MR) is 125 cm³/mol. The number of ether oxygens (including phenoxy) is 1. The lowest BCUT2D eigenvalue weighted by Gasteiger charge is -2.19. The number of hydrogen-bond acceptors (Lipinski definition) is 5. The molecule has 2 amide bonds. The van der Waals surface area contributed by atoms with Crippen LogP contribution in [0.25, 0.3) is 5.57 Å². The number of anilines is 2. The van der Waals surface area contributed by atoms with Crippen molar-refractivity contribution in [3.63, 3.8) is 0 Å². The number of aryl methyl sites for hydroxylation is 1. The molecule has 31 heavy (non-hydrogen) atoms. The first-order chi connectivity index (χ1) is 15.0. The Kier molecular flexibility index (Phi) is 5.91. The maximum absolute atomic E-state index is 13.5. The lowest BCUT2D eigenvalue weighted by atomic mass is 10.1. The summed E-state index contributed by atoms with van der Waals surface area (Å²) < 4.78 is 5.71. The van der Waals surface area contributed by atoms with E-state index in [0.717, 1.165) is 22.4 Å². The summed E-state index contributed by atoms with van der Waals surface area (Å²) in [7, 11) is 0. The number of benzene rings is 2. The largest absolute Gasteiger partial charge is 0.494 e. The molecular weight excluding hydrogens is 408 g/mol. The summed E-state index contributed by atoms with van der Waals surface area (Å²) in [5.41, 5.74) is 3.91. The Morgan fingerprint density at radius 3 is 2.55 bits per heavy atom. The Balaban J connectivity index is 1.75. The molecule has 0 radical (unpaired) electrons. The highest BCUT2D eigenvalue weighted by molar-refractivity contribution is 7.11. The fourth-order valence-electron chi connectivity index (χ4n) is 3.52. The molecule has 5 nitrogen and oxygen atoms in total. The van der Waals surface area contributed by atoms with E-state index in [9.17, 15) is 9.59 Å². The van der Waals surface area contributed by atoms with E-state index in [1.54, 1.807) is 0 Å². The summed E-state index contributed by atoms with van der Waals surface area (Å²) in [5, 5.41) is 5.10. The number of hydrogen-bond donors (Lipinski definition) is 1. The highest BCUT2D eigenvalue weighted by Gasteiger charge is 2.41. The molecule has 1 aromatic heterocycles. The first-order valence-electron chi connectivity index (χ1n) is 10.2. The van der Waals surface area contributed by atoms with E-state index in [1.807, 2.05) is 80.7 Å².